The van der Waals surface area contributed by atoms with Crippen molar-refractivity contribution in [2.24, 2.45) is 0 Å². The molecule has 0 bridgehead atoms. The van der Waals surface area contributed by atoms with Gasteiger partial charge in [0.1, 0.15) is 17.2 Å². The number of thiazole rings is 1. The monoisotopic (exact) mass is 307 g/mol. The van der Waals surface area contributed by atoms with E-state index in [0.29, 0.717) is 40.8 Å². The first kappa shape index (κ1) is 13.7. The molecule has 0 aliphatic carbocycles. The number of amides is 1. The van der Waals surface area contributed by atoms with E-state index in [1.807, 2.05) is 0 Å². The molecule has 110 valence electrons. The standard InChI is InChI=1S/C12H13N5O3S/c1-6-8(21-10(15-6)9-13-5-14-16-9)11(18)17-4-2-3-7(17)12(19)20/h5,7H,2-4H2,1H3,(H,19,20)(H,13,14,16)/t7-/m1/s1. The first-order chi connectivity index (χ1) is 10.1. The van der Waals surface area contributed by atoms with Gasteiger partial charge < -0.3 is 10.0 Å². The number of nitrogens with one attached hydrogen (secondary N) is 1. The summed E-state index contributed by atoms with van der Waals surface area (Å²) in [5, 5.41) is 16.2. The predicted molar refractivity (Wildman–Crippen MR) is 73.9 cm³/mol. The van der Waals surface area contributed by atoms with Gasteiger partial charge in [0, 0.05) is 6.54 Å². The van der Waals surface area contributed by atoms with E-state index in [1.54, 1.807) is 6.92 Å². The second-order valence-corrected chi connectivity index (χ2v) is 5.76. The minimum Gasteiger partial charge on any atom is -0.480 e. The fraction of sp³-hybridized carbons (Fsp3) is 0.417. The summed E-state index contributed by atoms with van der Waals surface area (Å²) < 4.78 is 0. The van der Waals surface area contributed by atoms with Gasteiger partial charge in [-0.05, 0) is 19.8 Å². The van der Waals surface area contributed by atoms with Crippen molar-refractivity contribution in [3.05, 3.63) is 16.9 Å². The molecular weight excluding hydrogens is 294 g/mol. The summed E-state index contributed by atoms with van der Waals surface area (Å²) in [6, 6.07) is -0.743. The van der Waals surface area contributed by atoms with Gasteiger partial charge in [-0.15, -0.1) is 11.3 Å². The van der Waals surface area contributed by atoms with Gasteiger partial charge in [0.25, 0.3) is 5.91 Å². The average Bonchev–Trinajstić information content (AvgIpc) is 3.18. The second kappa shape index (κ2) is 5.24. The number of aryl methyl sites for hydroxylation is 1. The van der Waals surface area contributed by atoms with Gasteiger partial charge in [0.05, 0.1) is 5.69 Å². The van der Waals surface area contributed by atoms with Gasteiger partial charge >= 0.3 is 5.97 Å². The van der Waals surface area contributed by atoms with E-state index in [4.69, 9.17) is 0 Å². The fourth-order valence-electron chi connectivity index (χ4n) is 2.40. The topological polar surface area (TPSA) is 112 Å². The Kier molecular flexibility index (Phi) is 3.42. The number of hydrogen-bond donors (Lipinski definition) is 2. The van der Waals surface area contributed by atoms with Gasteiger partial charge in [-0.1, -0.05) is 0 Å². The number of carboxylic acid groups (broad SMARTS) is 1. The van der Waals surface area contributed by atoms with Crippen molar-refractivity contribution < 1.29 is 14.7 Å². The van der Waals surface area contributed by atoms with Crippen LogP contribution < -0.4 is 0 Å². The largest absolute Gasteiger partial charge is 0.480 e. The normalized spacial score (nSPS) is 18.1. The molecule has 1 atom stereocenters. The van der Waals surface area contributed by atoms with Gasteiger partial charge in [0.15, 0.2) is 10.8 Å². The molecule has 1 aliphatic rings. The zero-order chi connectivity index (χ0) is 15.0. The summed E-state index contributed by atoms with van der Waals surface area (Å²) in [5.74, 6) is -0.738. The first-order valence-corrected chi connectivity index (χ1v) is 7.26. The smallest absolute Gasteiger partial charge is 0.326 e. The molecule has 2 aromatic rings. The third-order valence-electron chi connectivity index (χ3n) is 3.41. The Morgan fingerprint density at radius 1 is 1.52 bits per heavy atom. The molecule has 0 spiro atoms. The van der Waals surface area contributed by atoms with Crippen molar-refractivity contribution >= 4 is 23.2 Å². The van der Waals surface area contributed by atoms with Crippen molar-refractivity contribution in [2.45, 2.75) is 25.8 Å². The Morgan fingerprint density at radius 2 is 2.33 bits per heavy atom. The number of aromatic amines is 1. The van der Waals surface area contributed by atoms with E-state index < -0.39 is 12.0 Å². The first-order valence-electron chi connectivity index (χ1n) is 6.45. The highest BCUT2D eigenvalue weighted by Crippen LogP contribution is 2.28. The maximum absolute atomic E-state index is 12.6. The number of rotatable bonds is 3. The Hall–Kier alpha value is -2.29. The number of carboxylic acids is 1. The van der Waals surface area contributed by atoms with Crippen LogP contribution in [-0.4, -0.2) is 54.6 Å². The van der Waals surface area contributed by atoms with Crippen molar-refractivity contribution in [3.63, 3.8) is 0 Å². The van der Waals surface area contributed by atoms with Crippen LogP contribution in [0.25, 0.3) is 10.8 Å². The fourth-order valence-corrected chi connectivity index (χ4v) is 3.37. The molecule has 1 saturated heterocycles. The van der Waals surface area contributed by atoms with Crippen LogP contribution in [0.15, 0.2) is 6.33 Å². The van der Waals surface area contributed by atoms with Gasteiger partial charge in [-0.2, -0.15) is 5.10 Å². The molecule has 3 heterocycles. The minimum atomic E-state index is -0.960. The molecule has 1 aliphatic heterocycles. The van der Waals surface area contributed by atoms with Crippen LogP contribution in [0.1, 0.15) is 28.2 Å². The molecule has 1 amide bonds. The van der Waals surface area contributed by atoms with E-state index in [1.165, 1.54) is 22.6 Å². The number of aliphatic carboxylic acids is 1. The number of hydrogen-bond acceptors (Lipinski definition) is 6. The molecule has 0 unspecified atom stereocenters. The molecule has 3 rings (SSSR count). The third-order valence-corrected chi connectivity index (χ3v) is 4.56. The second-order valence-electron chi connectivity index (χ2n) is 4.76. The molecule has 0 aromatic carbocycles. The van der Waals surface area contributed by atoms with E-state index in [0.717, 1.165) is 0 Å². The van der Waals surface area contributed by atoms with Crippen LogP contribution in [0.3, 0.4) is 0 Å². The molecular formula is C12H13N5O3S. The summed E-state index contributed by atoms with van der Waals surface area (Å²) in [6.07, 6.45) is 2.57. The van der Waals surface area contributed by atoms with E-state index >= 15 is 0 Å². The predicted octanol–water partition coefficient (Wildman–Crippen LogP) is 0.926. The summed E-state index contributed by atoms with van der Waals surface area (Å²) in [4.78, 5) is 33.9. The van der Waals surface area contributed by atoms with Crippen LogP contribution in [0.2, 0.25) is 0 Å². The molecule has 9 heteroatoms. The highest BCUT2D eigenvalue weighted by molar-refractivity contribution is 7.17. The number of aromatic nitrogens is 4. The SMILES string of the molecule is Cc1nc(-c2ncn[nH]2)sc1C(=O)N1CCC[C@@H]1C(=O)O. The Morgan fingerprint density at radius 3 is 3.00 bits per heavy atom. The van der Waals surface area contributed by atoms with Crippen LogP contribution in [-0.2, 0) is 4.79 Å². The highest BCUT2D eigenvalue weighted by atomic mass is 32.1. The number of H-pyrrole nitrogens is 1. The number of nitrogens with zero attached hydrogens (tertiary/aromatic N) is 4. The zero-order valence-electron chi connectivity index (χ0n) is 11.2. The number of carbonyl (C=O) groups is 2. The summed E-state index contributed by atoms with van der Waals surface area (Å²) in [7, 11) is 0. The van der Waals surface area contributed by atoms with Crippen LogP contribution in [0, 0.1) is 6.92 Å². The maximum Gasteiger partial charge on any atom is 0.326 e. The van der Waals surface area contributed by atoms with E-state index in [2.05, 4.69) is 20.2 Å². The van der Waals surface area contributed by atoms with Crippen LogP contribution in [0.5, 0.6) is 0 Å². The van der Waals surface area contributed by atoms with E-state index in [9.17, 15) is 14.7 Å². The quantitative estimate of drug-likeness (QED) is 0.872. The van der Waals surface area contributed by atoms with Crippen LogP contribution >= 0.6 is 11.3 Å². The highest BCUT2D eigenvalue weighted by Gasteiger charge is 2.36. The lowest BCUT2D eigenvalue weighted by atomic mass is 10.2. The summed E-state index contributed by atoms with van der Waals surface area (Å²) in [6.45, 7) is 2.19. The summed E-state index contributed by atoms with van der Waals surface area (Å²) in [5.41, 5.74) is 0.576. The lowest BCUT2D eigenvalue weighted by molar-refractivity contribution is -0.141. The van der Waals surface area contributed by atoms with Gasteiger partial charge in [-0.25, -0.2) is 14.8 Å². The molecule has 1 fully saturated rings. The maximum atomic E-state index is 12.6. The minimum absolute atomic E-state index is 0.277. The number of likely N-dealkylation sites (tertiary alicyclic amines) is 1. The Bertz CT molecular complexity index is 681. The molecule has 2 N–H and O–H groups in total. The molecule has 0 saturated carbocycles. The van der Waals surface area contributed by atoms with Gasteiger partial charge in [-0.3, -0.25) is 9.89 Å². The lowest BCUT2D eigenvalue weighted by Crippen LogP contribution is -2.40. The van der Waals surface area contributed by atoms with Crippen LogP contribution in [0.4, 0.5) is 0 Å². The molecule has 0 radical (unpaired) electrons. The van der Waals surface area contributed by atoms with Crippen molar-refractivity contribution in [2.75, 3.05) is 6.54 Å². The lowest BCUT2D eigenvalue weighted by Gasteiger charge is -2.20. The Labute approximate surface area is 123 Å². The van der Waals surface area contributed by atoms with E-state index in [-0.39, 0.29) is 5.91 Å². The third kappa shape index (κ3) is 2.40. The van der Waals surface area contributed by atoms with Crippen molar-refractivity contribution in [1.82, 2.24) is 25.1 Å². The zero-order valence-corrected chi connectivity index (χ0v) is 12.1. The summed E-state index contributed by atoms with van der Waals surface area (Å²) >= 11 is 1.20. The number of carbonyl (C=O) groups excluding carboxylic acids is 1. The molecule has 21 heavy (non-hydrogen) atoms. The van der Waals surface area contributed by atoms with Gasteiger partial charge in [0.2, 0.25) is 0 Å². The molecule has 2 aromatic heterocycles. The Balaban J connectivity index is 1.90. The average molecular weight is 307 g/mol. The van der Waals surface area contributed by atoms with Crippen molar-refractivity contribution in [1.29, 1.82) is 0 Å². The van der Waals surface area contributed by atoms with Crippen molar-refractivity contribution in [3.8, 4) is 10.8 Å². The molecule has 8 nitrogen and oxygen atoms in total.